The predicted molar refractivity (Wildman–Crippen MR) is 139 cm³/mol. The van der Waals surface area contributed by atoms with Gasteiger partial charge >= 0.3 is 5.97 Å². The summed E-state index contributed by atoms with van der Waals surface area (Å²) >= 11 is 0. The summed E-state index contributed by atoms with van der Waals surface area (Å²) in [5.74, 6) is -0.750. The fourth-order valence-corrected chi connectivity index (χ4v) is 6.77. The Morgan fingerprint density at radius 2 is 1.70 bits per heavy atom. The van der Waals surface area contributed by atoms with Crippen LogP contribution in [0.4, 0.5) is 0 Å². The first-order valence-electron chi connectivity index (χ1n) is 12.1. The van der Waals surface area contributed by atoms with Crippen LogP contribution in [0.3, 0.4) is 0 Å². The average molecular weight is 495 g/mol. The molecule has 1 heterocycles. The molecule has 0 spiro atoms. The van der Waals surface area contributed by atoms with E-state index in [2.05, 4.69) is 74.3 Å². The molecule has 1 aromatic heterocycles. The minimum absolute atomic E-state index is 0.0345. The Hall–Kier alpha value is -1.16. The quantitative estimate of drug-likeness (QED) is 0.224. The van der Waals surface area contributed by atoms with Crippen molar-refractivity contribution in [2.24, 2.45) is 5.92 Å². The smallest absolute Gasteiger partial charge is 0.312 e. The van der Waals surface area contributed by atoms with Crippen molar-refractivity contribution >= 4 is 22.6 Å². The molecule has 33 heavy (non-hydrogen) atoms. The minimum atomic E-state index is -2.30. The van der Waals surface area contributed by atoms with Crippen molar-refractivity contribution in [3.63, 3.8) is 0 Å². The van der Waals surface area contributed by atoms with Crippen LogP contribution >= 0.6 is 0 Å². The van der Waals surface area contributed by atoms with Crippen molar-refractivity contribution in [3.8, 4) is 0 Å². The van der Waals surface area contributed by atoms with E-state index in [1.54, 1.807) is 12.5 Å². The van der Waals surface area contributed by atoms with Crippen LogP contribution in [0, 0.1) is 5.92 Å². The molecule has 188 valence electrons. The Balaban J connectivity index is 2.65. The van der Waals surface area contributed by atoms with Crippen LogP contribution in [-0.2, 0) is 24.0 Å². The largest absolute Gasteiger partial charge is 0.472 e. The standard InChI is InChI=1S/C26H46O5Si2/c1-13-29-23(27)21-16-19(2)22(30-32(9,10)24(3,4)5)17-26(21,20-14-15-28-18-20)31-33(11,12)25(6,7)8/h14-15,18,21-22H,2,13,16-17H2,1,3-12H3/t21-,22-,26+/m1/s1. The molecule has 0 bridgehead atoms. The number of esters is 1. The first kappa shape index (κ1) is 28.1. The van der Waals surface area contributed by atoms with Gasteiger partial charge in [0.15, 0.2) is 16.6 Å². The average Bonchev–Trinajstić information content (AvgIpc) is 3.17. The monoisotopic (exact) mass is 494 g/mol. The molecule has 5 nitrogen and oxygen atoms in total. The Kier molecular flexibility index (Phi) is 8.06. The molecule has 1 fully saturated rings. The first-order chi connectivity index (χ1) is 14.9. The molecule has 1 aliphatic rings. The summed E-state index contributed by atoms with van der Waals surface area (Å²) < 4.78 is 25.2. The molecule has 0 amide bonds. The van der Waals surface area contributed by atoms with Crippen LogP contribution in [0.2, 0.25) is 36.3 Å². The molecule has 7 heteroatoms. The van der Waals surface area contributed by atoms with Crippen molar-refractivity contribution in [1.82, 2.24) is 0 Å². The lowest BCUT2D eigenvalue weighted by molar-refractivity contribution is -0.162. The summed E-state index contributed by atoms with van der Waals surface area (Å²) in [4.78, 5) is 13.4. The van der Waals surface area contributed by atoms with Crippen molar-refractivity contribution in [3.05, 3.63) is 36.3 Å². The van der Waals surface area contributed by atoms with Crippen LogP contribution in [0.5, 0.6) is 0 Å². The molecule has 0 unspecified atom stereocenters. The number of ether oxygens (including phenoxy) is 1. The zero-order chi connectivity index (χ0) is 25.5. The van der Waals surface area contributed by atoms with E-state index in [1.807, 2.05) is 13.0 Å². The van der Waals surface area contributed by atoms with Gasteiger partial charge in [-0.1, -0.05) is 48.1 Å². The van der Waals surface area contributed by atoms with Crippen LogP contribution in [0.15, 0.2) is 35.2 Å². The fourth-order valence-electron chi connectivity index (χ4n) is 3.90. The minimum Gasteiger partial charge on any atom is -0.472 e. The molecule has 0 saturated heterocycles. The Bertz CT molecular complexity index is 830. The number of hydrogen-bond donors (Lipinski definition) is 0. The van der Waals surface area contributed by atoms with Crippen molar-refractivity contribution < 1.29 is 22.8 Å². The topological polar surface area (TPSA) is 57.9 Å². The molecular formula is C26H46O5Si2. The van der Waals surface area contributed by atoms with Gasteiger partial charge < -0.3 is 18.0 Å². The maximum atomic E-state index is 13.4. The van der Waals surface area contributed by atoms with E-state index in [4.69, 9.17) is 18.0 Å². The Morgan fingerprint density at radius 3 is 2.15 bits per heavy atom. The lowest BCUT2D eigenvalue weighted by Crippen LogP contribution is -2.58. The third-order valence-corrected chi connectivity index (χ3v) is 17.0. The van der Waals surface area contributed by atoms with E-state index in [0.717, 1.165) is 11.1 Å². The van der Waals surface area contributed by atoms with Gasteiger partial charge in [-0.15, -0.1) is 0 Å². The van der Waals surface area contributed by atoms with Crippen LogP contribution in [-0.4, -0.2) is 35.3 Å². The van der Waals surface area contributed by atoms with Gasteiger partial charge in [-0.05, 0) is 61.2 Å². The van der Waals surface area contributed by atoms with Crippen molar-refractivity contribution in [1.29, 1.82) is 0 Å². The first-order valence-corrected chi connectivity index (χ1v) is 17.9. The highest BCUT2D eigenvalue weighted by atomic mass is 28.4. The summed E-state index contributed by atoms with van der Waals surface area (Å²) in [6.45, 7) is 28.9. The number of carbonyl (C=O) groups excluding carboxylic acids is 1. The highest BCUT2D eigenvalue weighted by Gasteiger charge is 2.57. The SMILES string of the molecule is C=C1C[C@H](C(=O)OCC)[C@@](O[Si](C)(C)C(C)(C)C)(c2ccoc2)C[C@H]1O[Si](C)(C)C(C)(C)C. The van der Waals surface area contributed by atoms with Gasteiger partial charge in [0.25, 0.3) is 0 Å². The second-order valence-corrected chi connectivity index (χ2v) is 22.0. The summed E-state index contributed by atoms with van der Waals surface area (Å²) in [6, 6.07) is 1.93. The number of hydrogen-bond acceptors (Lipinski definition) is 5. The lowest BCUT2D eigenvalue weighted by atomic mass is 9.69. The second kappa shape index (κ2) is 9.48. The van der Waals surface area contributed by atoms with Crippen LogP contribution in [0.1, 0.15) is 66.9 Å². The van der Waals surface area contributed by atoms with Crippen LogP contribution < -0.4 is 0 Å². The normalized spacial score (nSPS) is 25.2. The van der Waals surface area contributed by atoms with Gasteiger partial charge in [0.1, 0.15) is 5.60 Å². The van der Waals surface area contributed by atoms with E-state index in [1.165, 1.54) is 0 Å². The number of rotatable bonds is 7. The van der Waals surface area contributed by atoms with Gasteiger partial charge in [0.2, 0.25) is 0 Å². The fraction of sp³-hybridized carbons (Fsp3) is 0.731. The van der Waals surface area contributed by atoms with E-state index in [0.29, 0.717) is 19.4 Å². The maximum absolute atomic E-state index is 13.4. The molecule has 0 N–H and O–H groups in total. The summed E-state index contributed by atoms with van der Waals surface area (Å²) in [6.07, 6.45) is 4.17. The van der Waals surface area contributed by atoms with Crippen LogP contribution in [0.25, 0.3) is 0 Å². The number of carbonyl (C=O) groups is 1. The van der Waals surface area contributed by atoms with E-state index in [-0.39, 0.29) is 22.1 Å². The highest BCUT2D eigenvalue weighted by Crippen LogP contribution is 2.53. The van der Waals surface area contributed by atoms with E-state index in [9.17, 15) is 4.79 Å². The molecular weight excluding hydrogens is 448 g/mol. The Labute approximate surface area is 203 Å². The van der Waals surface area contributed by atoms with Gasteiger partial charge in [-0.3, -0.25) is 4.79 Å². The molecule has 1 aliphatic carbocycles. The van der Waals surface area contributed by atoms with Gasteiger partial charge in [0.05, 0.1) is 31.2 Å². The molecule has 2 rings (SSSR count). The highest BCUT2D eigenvalue weighted by molar-refractivity contribution is 6.74. The molecule has 1 saturated carbocycles. The van der Waals surface area contributed by atoms with E-state index < -0.39 is 28.2 Å². The molecule has 0 aliphatic heterocycles. The zero-order valence-electron chi connectivity index (χ0n) is 22.8. The van der Waals surface area contributed by atoms with Crippen molar-refractivity contribution in [2.45, 2.75) is 109 Å². The van der Waals surface area contributed by atoms with Crippen molar-refractivity contribution in [2.75, 3.05) is 6.61 Å². The number of furan rings is 1. The summed E-state index contributed by atoms with van der Waals surface area (Å²) in [5, 5.41) is 0.0248. The Morgan fingerprint density at radius 1 is 1.12 bits per heavy atom. The predicted octanol–water partition coefficient (Wildman–Crippen LogP) is 7.42. The molecule has 1 aromatic rings. The van der Waals surface area contributed by atoms with Gasteiger partial charge in [-0.25, -0.2) is 0 Å². The molecule has 3 atom stereocenters. The lowest BCUT2D eigenvalue weighted by Gasteiger charge is -2.53. The third kappa shape index (κ3) is 5.74. The third-order valence-electron chi connectivity index (χ3n) is 8.04. The molecule has 0 aromatic carbocycles. The zero-order valence-corrected chi connectivity index (χ0v) is 24.8. The second-order valence-electron chi connectivity index (χ2n) is 12.5. The van der Waals surface area contributed by atoms with Gasteiger partial charge in [0, 0.05) is 12.0 Å². The molecule has 0 radical (unpaired) electrons. The summed E-state index contributed by atoms with van der Waals surface area (Å²) in [7, 11) is -4.39. The summed E-state index contributed by atoms with van der Waals surface area (Å²) in [5.41, 5.74) is 0.925. The maximum Gasteiger partial charge on any atom is 0.312 e. The van der Waals surface area contributed by atoms with Gasteiger partial charge in [-0.2, -0.15) is 0 Å². The van der Waals surface area contributed by atoms with E-state index >= 15 is 0 Å².